The Labute approximate surface area is 133 Å². The van der Waals surface area contributed by atoms with Crippen LogP contribution >= 0.6 is 0 Å². The smallest absolute Gasteiger partial charge is 0.122 e. The molecule has 22 heavy (non-hydrogen) atoms. The molecule has 2 rings (SSSR count). The second kappa shape index (κ2) is 6.87. The summed E-state index contributed by atoms with van der Waals surface area (Å²) >= 11 is 0. The maximum Gasteiger partial charge on any atom is 0.122 e. The lowest BCUT2D eigenvalue weighted by molar-refractivity contribution is 0.451. The molecule has 0 aliphatic heterocycles. The molecule has 118 valence electrons. The summed E-state index contributed by atoms with van der Waals surface area (Å²) in [4.78, 5) is 0. The van der Waals surface area contributed by atoms with Crippen molar-refractivity contribution in [3.05, 3.63) is 58.7 Å². The van der Waals surface area contributed by atoms with Crippen LogP contribution in [0.2, 0.25) is 0 Å². The Morgan fingerprint density at radius 3 is 1.91 bits per heavy atom. The van der Waals surface area contributed by atoms with E-state index >= 15 is 0 Å². The van der Waals surface area contributed by atoms with Crippen molar-refractivity contribution in [2.75, 3.05) is 0 Å². The van der Waals surface area contributed by atoms with Gasteiger partial charge in [-0.3, -0.25) is 0 Å². The van der Waals surface area contributed by atoms with Crippen molar-refractivity contribution in [3.8, 4) is 11.5 Å². The number of rotatable bonds is 5. The Hall–Kier alpha value is -1.96. The van der Waals surface area contributed by atoms with Gasteiger partial charge in [-0.1, -0.05) is 64.1 Å². The van der Waals surface area contributed by atoms with Crippen LogP contribution in [0.15, 0.2) is 36.4 Å². The number of benzene rings is 2. The van der Waals surface area contributed by atoms with Crippen LogP contribution in [0.3, 0.4) is 0 Å². The van der Waals surface area contributed by atoms with Gasteiger partial charge in [0.2, 0.25) is 0 Å². The van der Waals surface area contributed by atoms with Gasteiger partial charge >= 0.3 is 0 Å². The number of hydrogen-bond acceptors (Lipinski definition) is 2. The quantitative estimate of drug-likeness (QED) is 0.814. The number of hydrogen-bond donors (Lipinski definition) is 2. The first-order chi connectivity index (χ1) is 10.4. The van der Waals surface area contributed by atoms with Crippen molar-refractivity contribution >= 4 is 0 Å². The molecule has 2 nitrogen and oxygen atoms in total. The van der Waals surface area contributed by atoms with Crippen LogP contribution in [-0.4, -0.2) is 10.2 Å². The fourth-order valence-corrected chi connectivity index (χ4v) is 2.82. The Morgan fingerprint density at radius 2 is 1.32 bits per heavy atom. The van der Waals surface area contributed by atoms with Gasteiger partial charge in [0.15, 0.2) is 0 Å². The molecule has 2 heteroatoms. The fourth-order valence-electron chi connectivity index (χ4n) is 2.82. The standard InChI is InChI=1S/C20H26O2/c1-13(2)11-15-7-5-8-16(19(15)21)12-17-9-6-10-18(14(3)4)20(17)22/h5-10,13-14,21-22H,11-12H2,1-4H3. The molecule has 0 saturated heterocycles. The molecule has 0 heterocycles. The van der Waals surface area contributed by atoms with E-state index < -0.39 is 0 Å². The van der Waals surface area contributed by atoms with Gasteiger partial charge in [0.25, 0.3) is 0 Å². The average Bonchev–Trinajstić information content (AvgIpc) is 2.44. The van der Waals surface area contributed by atoms with E-state index in [1.807, 2.05) is 36.4 Å². The lowest BCUT2D eigenvalue weighted by Crippen LogP contribution is -1.99. The number of aromatic hydroxyl groups is 2. The van der Waals surface area contributed by atoms with Gasteiger partial charge in [-0.15, -0.1) is 0 Å². The van der Waals surface area contributed by atoms with Gasteiger partial charge in [-0.05, 0) is 40.5 Å². The summed E-state index contributed by atoms with van der Waals surface area (Å²) in [6, 6.07) is 11.7. The zero-order chi connectivity index (χ0) is 16.3. The minimum Gasteiger partial charge on any atom is -0.507 e. The zero-order valence-corrected chi connectivity index (χ0v) is 13.9. The average molecular weight is 298 g/mol. The van der Waals surface area contributed by atoms with Gasteiger partial charge in [0.05, 0.1) is 0 Å². The first-order valence-electron chi connectivity index (χ1n) is 8.00. The second-order valence-electron chi connectivity index (χ2n) is 6.71. The molecule has 0 aliphatic rings. The first-order valence-corrected chi connectivity index (χ1v) is 8.00. The summed E-state index contributed by atoms with van der Waals surface area (Å²) in [7, 11) is 0. The van der Waals surface area contributed by atoms with E-state index in [0.29, 0.717) is 23.8 Å². The predicted molar refractivity (Wildman–Crippen MR) is 91.7 cm³/mol. The van der Waals surface area contributed by atoms with Crippen molar-refractivity contribution < 1.29 is 10.2 Å². The van der Waals surface area contributed by atoms with Crippen molar-refractivity contribution in [2.24, 2.45) is 5.92 Å². The van der Waals surface area contributed by atoms with Gasteiger partial charge in [0, 0.05) is 6.42 Å². The maximum atomic E-state index is 10.5. The Balaban J connectivity index is 2.34. The van der Waals surface area contributed by atoms with Crippen LogP contribution in [-0.2, 0) is 12.8 Å². The molecule has 0 unspecified atom stereocenters. The molecule has 0 aromatic heterocycles. The molecule has 0 saturated carbocycles. The van der Waals surface area contributed by atoms with E-state index in [-0.39, 0.29) is 5.92 Å². The van der Waals surface area contributed by atoms with Crippen molar-refractivity contribution in [3.63, 3.8) is 0 Å². The normalized spacial score (nSPS) is 11.4. The summed E-state index contributed by atoms with van der Waals surface area (Å²) in [6.07, 6.45) is 1.40. The molecule has 0 aliphatic carbocycles. The second-order valence-corrected chi connectivity index (χ2v) is 6.71. The monoisotopic (exact) mass is 298 g/mol. The lowest BCUT2D eigenvalue weighted by atomic mass is 9.93. The van der Waals surface area contributed by atoms with Crippen LogP contribution in [0, 0.1) is 5.92 Å². The number of phenols is 2. The largest absolute Gasteiger partial charge is 0.507 e. The summed E-state index contributed by atoms with van der Waals surface area (Å²) in [6.45, 7) is 8.42. The minimum atomic E-state index is 0.279. The summed E-state index contributed by atoms with van der Waals surface area (Å²) in [5.74, 6) is 1.50. The van der Waals surface area contributed by atoms with E-state index in [2.05, 4.69) is 27.7 Å². The fraction of sp³-hybridized carbons (Fsp3) is 0.400. The highest BCUT2D eigenvalue weighted by molar-refractivity contribution is 5.48. The molecule has 2 N–H and O–H groups in total. The van der Waals surface area contributed by atoms with Gasteiger partial charge in [0.1, 0.15) is 11.5 Å². The Morgan fingerprint density at radius 1 is 0.773 bits per heavy atom. The van der Waals surface area contributed by atoms with Crippen molar-refractivity contribution in [1.29, 1.82) is 0 Å². The van der Waals surface area contributed by atoms with Gasteiger partial charge < -0.3 is 10.2 Å². The molecule has 2 aromatic rings. The van der Waals surface area contributed by atoms with Crippen LogP contribution in [0.1, 0.15) is 55.9 Å². The summed E-state index contributed by atoms with van der Waals surface area (Å²) < 4.78 is 0. The predicted octanol–water partition coefficient (Wildman–Crippen LogP) is 5.01. The van der Waals surface area contributed by atoms with E-state index in [1.54, 1.807) is 0 Å². The van der Waals surface area contributed by atoms with E-state index in [0.717, 1.165) is 28.7 Å². The number of phenolic OH excluding ortho intramolecular Hbond substituents is 2. The van der Waals surface area contributed by atoms with Gasteiger partial charge in [-0.25, -0.2) is 0 Å². The third-order valence-electron chi connectivity index (χ3n) is 3.99. The van der Waals surface area contributed by atoms with Gasteiger partial charge in [-0.2, -0.15) is 0 Å². The molecular weight excluding hydrogens is 272 g/mol. The van der Waals surface area contributed by atoms with Crippen LogP contribution in [0.4, 0.5) is 0 Å². The molecule has 0 fully saturated rings. The third-order valence-corrected chi connectivity index (χ3v) is 3.99. The van der Waals surface area contributed by atoms with E-state index in [9.17, 15) is 10.2 Å². The SMILES string of the molecule is CC(C)Cc1cccc(Cc2cccc(C(C)C)c2O)c1O. The summed E-state index contributed by atoms with van der Waals surface area (Å²) in [5.41, 5.74) is 3.67. The Bertz CT molecular complexity index is 642. The topological polar surface area (TPSA) is 40.5 Å². The minimum absolute atomic E-state index is 0.279. The highest BCUT2D eigenvalue weighted by Gasteiger charge is 2.14. The lowest BCUT2D eigenvalue weighted by Gasteiger charge is -2.15. The molecule has 0 atom stereocenters. The van der Waals surface area contributed by atoms with Crippen LogP contribution in [0.25, 0.3) is 0 Å². The van der Waals surface area contributed by atoms with Crippen molar-refractivity contribution in [1.82, 2.24) is 0 Å². The maximum absolute atomic E-state index is 10.5. The van der Waals surface area contributed by atoms with E-state index in [4.69, 9.17) is 0 Å². The van der Waals surface area contributed by atoms with Crippen molar-refractivity contribution in [2.45, 2.75) is 46.5 Å². The third kappa shape index (κ3) is 3.62. The highest BCUT2D eigenvalue weighted by Crippen LogP contribution is 2.33. The first kappa shape index (κ1) is 16.4. The number of para-hydroxylation sites is 2. The van der Waals surface area contributed by atoms with E-state index in [1.165, 1.54) is 0 Å². The highest BCUT2D eigenvalue weighted by atomic mass is 16.3. The Kier molecular flexibility index (Phi) is 5.12. The summed E-state index contributed by atoms with van der Waals surface area (Å²) in [5, 5.41) is 20.9. The molecule has 0 amide bonds. The molecule has 0 radical (unpaired) electrons. The molecular formula is C20H26O2. The molecule has 2 aromatic carbocycles. The molecule has 0 spiro atoms. The zero-order valence-electron chi connectivity index (χ0n) is 13.9. The molecule has 0 bridgehead atoms. The van der Waals surface area contributed by atoms with Crippen LogP contribution < -0.4 is 0 Å². The van der Waals surface area contributed by atoms with Crippen LogP contribution in [0.5, 0.6) is 11.5 Å².